The van der Waals surface area contributed by atoms with Crippen LogP contribution in [0.4, 0.5) is 4.79 Å². The number of hydrogen-bond donors (Lipinski definition) is 0. The third kappa shape index (κ3) is 5.45. The normalized spacial score (nSPS) is 15.2. The van der Waals surface area contributed by atoms with E-state index in [-0.39, 0.29) is 0 Å². The van der Waals surface area contributed by atoms with Crippen molar-refractivity contribution in [2.75, 3.05) is 13.4 Å². The highest BCUT2D eigenvalue weighted by atomic mass is 16.8. The molecule has 0 unspecified atom stereocenters. The van der Waals surface area contributed by atoms with Crippen molar-refractivity contribution in [1.82, 2.24) is 0 Å². The second kappa shape index (κ2) is 8.29. The van der Waals surface area contributed by atoms with E-state index in [4.69, 9.17) is 14.2 Å². The van der Waals surface area contributed by atoms with Crippen molar-refractivity contribution < 1.29 is 23.8 Å². The lowest BCUT2D eigenvalue weighted by Crippen LogP contribution is -2.19. The van der Waals surface area contributed by atoms with Crippen LogP contribution in [0.25, 0.3) is 0 Å². The Morgan fingerprint density at radius 1 is 0.952 bits per heavy atom. The molecule has 0 heterocycles. The van der Waals surface area contributed by atoms with E-state index in [1.807, 2.05) is 0 Å². The fourth-order valence-electron chi connectivity index (χ4n) is 2.37. The van der Waals surface area contributed by atoms with Crippen molar-refractivity contribution in [3.63, 3.8) is 0 Å². The van der Waals surface area contributed by atoms with Gasteiger partial charge in [0.05, 0.1) is 12.2 Å². The Bertz CT molecular complexity index is 451. The molecule has 1 aromatic carbocycles. The van der Waals surface area contributed by atoms with Gasteiger partial charge in [-0.2, -0.15) is 0 Å². The van der Waals surface area contributed by atoms with Crippen molar-refractivity contribution in [1.29, 1.82) is 0 Å². The van der Waals surface area contributed by atoms with E-state index in [0.717, 1.165) is 12.8 Å². The van der Waals surface area contributed by atoms with Crippen LogP contribution in [0.5, 0.6) is 0 Å². The number of carbonyl (C=O) groups excluding carboxylic acids is 2. The maximum atomic E-state index is 11.6. The molecule has 1 aromatic rings. The molecule has 1 aliphatic rings. The smallest absolute Gasteiger partial charge is 0.434 e. The van der Waals surface area contributed by atoms with Gasteiger partial charge in [0.25, 0.3) is 0 Å². The first-order valence-electron chi connectivity index (χ1n) is 7.27. The van der Waals surface area contributed by atoms with Crippen molar-refractivity contribution >= 4 is 12.1 Å². The number of carbonyl (C=O) groups is 2. The number of hydrogen-bond acceptors (Lipinski definition) is 5. The molecule has 0 radical (unpaired) electrons. The van der Waals surface area contributed by atoms with E-state index in [1.54, 1.807) is 30.3 Å². The summed E-state index contributed by atoms with van der Waals surface area (Å²) in [5.41, 5.74) is 0.414. The third-order valence-corrected chi connectivity index (χ3v) is 3.54. The van der Waals surface area contributed by atoms with Gasteiger partial charge in [-0.1, -0.05) is 37.5 Å². The SMILES string of the molecule is O=C(OCOC(=O)c1ccccc1)OCC1CCCCC1. The molecule has 1 fully saturated rings. The van der Waals surface area contributed by atoms with Gasteiger partial charge in [-0.05, 0) is 30.9 Å². The summed E-state index contributed by atoms with van der Waals surface area (Å²) in [5.74, 6) is -0.103. The number of benzene rings is 1. The topological polar surface area (TPSA) is 61.8 Å². The lowest BCUT2D eigenvalue weighted by molar-refractivity contribution is -0.0315. The highest BCUT2D eigenvalue weighted by Crippen LogP contribution is 2.23. The molecule has 0 aliphatic heterocycles. The van der Waals surface area contributed by atoms with Crippen LogP contribution in [0.15, 0.2) is 30.3 Å². The lowest BCUT2D eigenvalue weighted by atomic mass is 9.90. The summed E-state index contributed by atoms with van der Waals surface area (Å²) in [6.45, 7) is -0.0529. The van der Waals surface area contributed by atoms with Crippen LogP contribution >= 0.6 is 0 Å². The van der Waals surface area contributed by atoms with Crippen LogP contribution in [0, 0.1) is 5.92 Å². The molecule has 114 valence electrons. The van der Waals surface area contributed by atoms with Gasteiger partial charge in [-0.3, -0.25) is 0 Å². The minimum atomic E-state index is -0.790. The maximum Gasteiger partial charge on any atom is 0.511 e. The summed E-state index contributed by atoms with van der Waals surface area (Å²) in [6, 6.07) is 8.52. The first kappa shape index (κ1) is 15.4. The second-order valence-corrected chi connectivity index (χ2v) is 5.13. The zero-order chi connectivity index (χ0) is 14.9. The third-order valence-electron chi connectivity index (χ3n) is 3.54. The minimum absolute atomic E-state index is 0.380. The molecule has 1 aliphatic carbocycles. The van der Waals surface area contributed by atoms with E-state index in [9.17, 15) is 9.59 Å². The molecular weight excluding hydrogens is 272 g/mol. The zero-order valence-corrected chi connectivity index (χ0v) is 12.0. The molecule has 21 heavy (non-hydrogen) atoms. The van der Waals surface area contributed by atoms with Gasteiger partial charge in [0.2, 0.25) is 6.79 Å². The van der Waals surface area contributed by atoms with Crippen molar-refractivity contribution in [2.24, 2.45) is 5.92 Å². The first-order valence-corrected chi connectivity index (χ1v) is 7.27. The molecule has 0 bridgehead atoms. The predicted octanol–water partition coefficient (Wildman–Crippen LogP) is 3.53. The van der Waals surface area contributed by atoms with Gasteiger partial charge in [-0.15, -0.1) is 0 Å². The average Bonchev–Trinajstić information content (AvgIpc) is 2.54. The standard InChI is InChI=1S/C16H20O5/c17-15(14-9-5-2-6-10-14)20-12-21-16(18)19-11-13-7-3-1-4-8-13/h2,5-6,9-10,13H,1,3-4,7-8,11-12H2. The fraction of sp³-hybridized carbons (Fsp3) is 0.500. The fourth-order valence-corrected chi connectivity index (χ4v) is 2.37. The van der Waals surface area contributed by atoms with Crippen LogP contribution in [-0.4, -0.2) is 25.5 Å². The summed E-state index contributed by atoms with van der Waals surface area (Å²) < 4.78 is 14.6. The Morgan fingerprint density at radius 3 is 2.38 bits per heavy atom. The molecule has 0 amide bonds. The average molecular weight is 292 g/mol. The van der Waals surface area contributed by atoms with E-state index in [1.165, 1.54) is 19.3 Å². The van der Waals surface area contributed by atoms with Gasteiger partial charge in [0.15, 0.2) is 0 Å². The molecule has 0 aromatic heterocycles. The van der Waals surface area contributed by atoms with Crippen LogP contribution in [0.3, 0.4) is 0 Å². The Morgan fingerprint density at radius 2 is 1.67 bits per heavy atom. The zero-order valence-electron chi connectivity index (χ0n) is 12.0. The molecule has 0 spiro atoms. The van der Waals surface area contributed by atoms with Crippen LogP contribution in [0.2, 0.25) is 0 Å². The Balaban J connectivity index is 1.59. The van der Waals surface area contributed by atoms with Gasteiger partial charge < -0.3 is 14.2 Å². The molecule has 0 N–H and O–H groups in total. The molecule has 5 heteroatoms. The predicted molar refractivity (Wildman–Crippen MR) is 75.7 cm³/mol. The van der Waals surface area contributed by atoms with Crippen molar-refractivity contribution in [2.45, 2.75) is 32.1 Å². The van der Waals surface area contributed by atoms with Crippen LogP contribution in [-0.2, 0) is 14.2 Å². The van der Waals surface area contributed by atoms with E-state index in [2.05, 4.69) is 0 Å². The molecule has 5 nitrogen and oxygen atoms in total. The highest BCUT2D eigenvalue weighted by molar-refractivity contribution is 5.89. The lowest BCUT2D eigenvalue weighted by Gasteiger charge is -2.20. The monoisotopic (exact) mass is 292 g/mol. The van der Waals surface area contributed by atoms with Crippen molar-refractivity contribution in [3.8, 4) is 0 Å². The summed E-state index contributed by atoms with van der Waals surface area (Å²) in [7, 11) is 0. The van der Waals surface area contributed by atoms with Crippen molar-refractivity contribution in [3.05, 3.63) is 35.9 Å². The Kier molecular flexibility index (Phi) is 6.06. The number of esters is 1. The summed E-state index contributed by atoms with van der Waals surface area (Å²) in [6.07, 6.45) is 5.04. The van der Waals surface area contributed by atoms with Gasteiger partial charge >= 0.3 is 12.1 Å². The van der Waals surface area contributed by atoms with Crippen LogP contribution < -0.4 is 0 Å². The summed E-state index contributed by atoms with van der Waals surface area (Å²) in [5, 5.41) is 0. The largest absolute Gasteiger partial charge is 0.511 e. The van der Waals surface area contributed by atoms with E-state index >= 15 is 0 Å². The first-order chi connectivity index (χ1) is 10.3. The Labute approximate surface area is 124 Å². The Hall–Kier alpha value is -2.04. The maximum absolute atomic E-state index is 11.6. The number of rotatable bonds is 5. The molecular formula is C16H20O5. The molecule has 1 saturated carbocycles. The molecule has 2 rings (SSSR count). The summed E-state index contributed by atoms with van der Waals surface area (Å²) in [4.78, 5) is 22.9. The quantitative estimate of drug-likeness (QED) is 0.613. The highest BCUT2D eigenvalue weighted by Gasteiger charge is 2.16. The number of ether oxygens (including phenoxy) is 3. The van der Waals surface area contributed by atoms with Crippen LogP contribution in [0.1, 0.15) is 42.5 Å². The van der Waals surface area contributed by atoms with E-state index < -0.39 is 18.9 Å². The van der Waals surface area contributed by atoms with Gasteiger partial charge in [0.1, 0.15) is 0 Å². The second-order valence-electron chi connectivity index (χ2n) is 5.13. The van der Waals surface area contributed by atoms with E-state index in [0.29, 0.717) is 18.1 Å². The minimum Gasteiger partial charge on any atom is -0.434 e. The summed E-state index contributed by atoms with van der Waals surface area (Å²) >= 11 is 0. The van der Waals surface area contributed by atoms with Gasteiger partial charge in [0, 0.05) is 0 Å². The molecule has 0 saturated heterocycles. The molecule has 0 atom stereocenters. The van der Waals surface area contributed by atoms with Gasteiger partial charge in [-0.25, -0.2) is 9.59 Å².